The van der Waals surface area contributed by atoms with Gasteiger partial charge in [0.1, 0.15) is 5.82 Å². The van der Waals surface area contributed by atoms with Crippen molar-refractivity contribution in [3.8, 4) is 0 Å². The maximum absolute atomic E-state index is 13.8. The molecule has 1 aromatic rings. The predicted molar refractivity (Wildman–Crippen MR) is 96.2 cm³/mol. The molecule has 0 bridgehead atoms. The monoisotopic (exact) mass is 347 g/mol. The zero-order valence-corrected chi connectivity index (χ0v) is 15.0. The number of fused-ring (bicyclic) bond motifs is 1. The third kappa shape index (κ3) is 3.62. The summed E-state index contributed by atoms with van der Waals surface area (Å²) in [5, 5.41) is 0. The van der Waals surface area contributed by atoms with Gasteiger partial charge in [0.05, 0.1) is 17.3 Å². The second-order valence-electron chi connectivity index (χ2n) is 6.91. The van der Waals surface area contributed by atoms with Gasteiger partial charge >= 0.3 is 0 Å². The van der Waals surface area contributed by atoms with Crippen LogP contribution in [-0.4, -0.2) is 49.4 Å². The Hall–Kier alpha value is -2.11. The van der Waals surface area contributed by atoms with Crippen LogP contribution in [0.15, 0.2) is 18.2 Å². The van der Waals surface area contributed by atoms with Crippen molar-refractivity contribution in [1.29, 1.82) is 0 Å². The fourth-order valence-corrected chi connectivity index (χ4v) is 3.86. The number of carbonyl (C=O) groups excluding carboxylic acids is 2. The lowest BCUT2D eigenvalue weighted by atomic mass is 9.95. The maximum atomic E-state index is 13.8. The van der Waals surface area contributed by atoms with Crippen molar-refractivity contribution in [1.82, 2.24) is 4.90 Å². The van der Waals surface area contributed by atoms with Gasteiger partial charge in [0.15, 0.2) is 0 Å². The minimum atomic E-state index is -0.330. The first kappa shape index (κ1) is 17.7. The Balaban J connectivity index is 1.84. The van der Waals surface area contributed by atoms with Crippen LogP contribution in [0.2, 0.25) is 0 Å². The van der Waals surface area contributed by atoms with Gasteiger partial charge in [0.25, 0.3) is 0 Å². The van der Waals surface area contributed by atoms with E-state index in [9.17, 15) is 14.0 Å². The Bertz CT molecular complexity index is 664. The van der Waals surface area contributed by atoms with Crippen molar-refractivity contribution in [3.05, 3.63) is 24.0 Å². The Labute approximate surface area is 148 Å². The van der Waals surface area contributed by atoms with E-state index < -0.39 is 0 Å². The molecule has 25 heavy (non-hydrogen) atoms. The molecule has 1 aromatic carbocycles. The minimum Gasteiger partial charge on any atom is -0.368 e. The summed E-state index contributed by atoms with van der Waals surface area (Å²) in [6.45, 7) is 7.04. The summed E-state index contributed by atoms with van der Waals surface area (Å²) in [6, 6.07) is 4.68. The molecular weight excluding hydrogens is 321 g/mol. The second-order valence-corrected chi connectivity index (χ2v) is 6.91. The lowest BCUT2D eigenvalue weighted by Crippen LogP contribution is -2.50. The van der Waals surface area contributed by atoms with Gasteiger partial charge in [-0.05, 0) is 37.5 Å². The number of carbonyl (C=O) groups is 2. The fraction of sp³-hybridized carbons (Fsp3) is 0.579. The minimum absolute atomic E-state index is 0.00829. The number of hydrogen-bond acceptors (Lipinski definition) is 3. The van der Waals surface area contributed by atoms with Gasteiger partial charge < -0.3 is 14.7 Å². The highest BCUT2D eigenvalue weighted by atomic mass is 19.1. The molecule has 136 valence electrons. The summed E-state index contributed by atoms with van der Waals surface area (Å²) in [7, 11) is 0. The molecule has 0 spiro atoms. The van der Waals surface area contributed by atoms with E-state index >= 15 is 0 Å². The Morgan fingerprint density at radius 2 is 2.00 bits per heavy atom. The number of rotatable bonds is 3. The first-order valence-electron chi connectivity index (χ1n) is 9.12. The molecular formula is C19H26FN3O2. The molecule has 0 unspecified atom stereocenters. The summed E-state index contributed by atoms with van der Waals surface area (Å²) in [5.74, 6) is -0.513. The highest BCUT2D eigenvalue weighted by molar-refractivity contribution is 5.99. The molecule has 2 heterocycles. The van der Waals surface area contributed by atoms with Gasteiger partial charge in [0, 0.05) is 39.6 Å². The van der Waals surface area contributed by atoms with Crippen LogP contribution in [0.25, 0.3) is 0 Å². The standard InChI is InChI=1S/C19H26FN3O2/c1-3-8-21-10-11-23(18-12-16(20)6-7-17(18)21)19(25)15-5-4-9-22(13-15)14(2)24/h6-7,12,15H,3-5,8-11,13H2,1-2H3/t15-/m1/s1. The second kappa shape index (κ2) is 7.42. The number of benzene rings is 1. The average Bonchev–Trinajstić information content (AvgIpc) is 2.61. The molecule has 1 atom stereocenters. The molecule has 0 aromatic heterocycles. The van der Waals surface area contributed by atoms with Crippen molar-refractivity contribution in [2.75, 3.05) is 42.5 Å². The van der Waals surface area contributed by atoms with Gasteiger partial charge in [-0.2, -0.15) is 0 Å². The zero-order chi connectivity index (χ0) is 18.0. The van der Waals surface area contributed by atoms with Crippen molar-refractivity contribution in [3.63, 3.8) is 0 Å². The average molecular weight is 347 g/mol. The summed E-state index contributed by atoms with van der Waals surface area (Å²) in [4.78, 5) is 30.4. The van der Waals surface area contributed by atoms with Crippen LogP contribution in [0.3, 0.4) is 0 Å². The molecule has 0 saturated carbocycles. The molecule has 2 amide bonds. The number of likely N-dealkylation sites (tertiary alicyclic amines) is 1. The predicted octanol–water partition coefficient (Wildman–Crippen LogP) is 2.65. The molecule has 5 nitrogen and oxygen atoms in total. The molecule has 2 aliphatic rings. The molecule has 6 heteroatoms. The van der Waals surface area contributed by atoms with Crippen LogP contribution in [0, 0.1) is 11.7 Å². The van der Waals surface area contributed by atoms with E-state index in [1.54, 1.807) is 22.8 Å². The van der Waals surface area contributed by atoms with E-state index in [1.807, 2.05) is 0 Å². The van der Waals surface area contributed by atoms with Crippen molar-refractivity contribution in [2.24, 2.45) is 5.92 Å². The molecule has 2 aliphatic heterocycles. The van der Waals surface area contributed by atoms with Crippen molar-refractivity contribution < 1.29 is 14.0 Å². The lowest BCUT2D eigenvalue weighted by molar-refractivity contribution is -0.133. The van der Waals surface area contributed by atoms with E-state index in [1.165, 1.54) is 12.1 Å². The molecule has 3 rings (SSSR count). The van der Waals surface area contributed by atoms with Crippen LogP contribution in [0.4, 0.5) is 15.8 Å². The number of hydrogen-bond donors (Lipinski definition) is 0. The lowest BCUT2D eigenvalue weighted by Gasteiger charge is -2.40. The van der Waals surface area contributed by atoms with Gasteiger partial charge in [-0.1, -0.05) is 6.92 Å². The van der Waals surface area contributed by atoms with Crippen LogP contribution in [0.1, 0.15) is 33.1 Å². The van der Waals surface area contributed by atoms with Crippen molar-refractivity contribution in [2.45, 2.75) is 33.1 Å². The van der Waals surface area contributed by atoms with E-state index in [2.05, 4.69) is 11.8 Å². The van der Waals surface area contributed by atoms with Crippen molar-refractivity contribution >= 4 is 23.2 Å². The summed E-state index contributed by atoms with van der Waals surface area (Å²) < 4.78 is 13.8. The number of halogens is 1. The highest BCUT2D eigenvalue weighted by Gasteiger charge is 2.34. The number of amides is 2. The van der Waals surface area contributed by atoms with Crippen LogP contribution >= 0.6 is 0 Å². The van der Waals surface area contributed by atoms with E-state index in [-0.39, 0.29) is 23.5 Å². The maximum Gasteiger partial charge on any atom is 0.232 e. The molecule has 0 N–H and O–H groups in total. The highest BCUT2D eigenvalue weighted by Crippen LogP contribution is 2.35. The third-order valence-electron chi connectivity index (χ3n) is 5.14. The molecule has 1 saturated heterocycles. The van der Waals surface area contributed by atoms with Gasteiger partial charge in [-0.3, -0.25) is 9.59 Å². The summed E-state index contributed by atoms with van der Waals surface area (Å²) >= 11 is 0. The van der Waals surface area contributed by atoms with Crippen LogP contribution in [0.5, 0.6) is 0 Å². The fourth-order valence-electron chi connectivity index (χ4n) is 3.86. The Morgan fingerprint density at radius 1 is 1.20 bits per heavy atom. The van der Waals surface area contributed by atoms with Crippen LogP contribution in [-0.2, 0) is 9.59 Å². The summed E-state index contributed by atoms with van der Waals surface area (Å²) in [6.07, 6.45) is 2.62. The topological polar surface area (TPSA) is 43.9 Å². The van der Waals surface area contributed by atoms with E-state index in [4.69, 9.17) is 0 Å². The summed E-state index contributed by atoms with van der Waals surface area (Å²) in [5.41, 5.74) is 1.58. The smallest absolute Gasteiger partial charge is 0.232 e. The first-order chi connectivity index (χ1) is 12.0. The van der Waals surface area contributed by atoms with E-state index in [0.717, 1.165) is 38.0 Å². The molecule has 0 radical (unpaired) electrons. The quantitative estimate of drug-likeness (QED) is 0.844. The Morgan fingerprint density at radius 3 is 2.72 bits per heavy atom. The molecule has 1 fully saturated rings. The van der Waals surface area contributed by atoms with Gasteiger partial charge in [-0.25, -0.2) is 4.39 Å². The zero-order valence-electron chi connectivity index (χ0n) is 15.0. The van der Waals surface area contributed by atoms with Gasteiger partial charge in [-0.15, -0.1) is 0 Å². The third-order valence-corrected chi connectivity index (χ3v) is 5.14. The van der Waals surface area contributed by atoms with Gasteiger partial charge in [0.2, 0.25) is 11.8 Å². The first-order valence-corrected chi connectivity index (χ1v) is 9.12. The normalized spacial score (nSPS) is 20.4. The Kier molecular flexibility index (Phi) is 5.25. The van der Waals surface area contributed by atoms with Crippen LogP contribution < -0.4 is 9.80 Å². The number of anilines is 2. The van der Waals surface area contributed by atoms with E-state index in [0.29, 0.717) is 25.3 Å². The number of nitrogens with zero attached hydrogens (tertiary/aromatic N) is 3. The molecule has 0 aliphatic carbocycles. The number of piperidine rings is 1. The SMILES string of the molecule is CCCN1CCN(C(=O)[C@@H]2CCCN(C(C)=O)C2)c2cc(F)ccc21. The largest absolute Gasteiger partial charge is 0.368 e.